The molecule has 3 aromatic rings. The smallest absolute Gasteiger partial charge is 0.307 e. The number of amides is 1. The Morgan fingerprint density at radius 2 is 1.88 bits per heavy atom. The molecule has 0 saturated carbocycles. The topological polar surface area (TPSA) is 57.8 Å². The Bertz CT molecular complexity index is 1010. The van der Waals surface area contributed by atoms with Gasteiger partial charge in [-0.25, -0.2) is 5.43 Å². The molecule has 0 spiro atoms. The number of furan rings is 1. The summed E-state index contributed by atoms with van der Waals surface area (Å²) in [6, 6.07) is 11.3. The minimum absolute atomic E-state index is 0.195. The number of hydrogen-bond acceptors (Lipinski definition) is 4. The van der Waals surface area contributed by atoms with Crippen LogP contribution in [0.15, 0.2) is 59.3 Å². The first-order valence-electron chi connectivity index (χ1n) is 7.54. The number of halogens is 3. The molecule has 0 unspecified atom stereocenters. The lowest BCUT2D eigenvalue weighted by molar-refractivity contribution is 0.0929. The monoisotopic (exact) mass is 541 g/mol. The Morgan fingerprint density at radius 3 is 2.58 bits per heavy atom. The van der Waals surface area contributed by atoms with Crippen molar-refractivity contribution in [1.82, 2.24) is 5.43 Å². The molecule has 1 N–H and O–H groups in total. The van der Waals surface area contributed by atoms with E-state index >= 15 is 0 Å². The highest BCUT2D eigenvalue weighted by molar-refractivity contribution is 9.11. The lowest BCUT2D eigenvalue weighted by atomic mass is 10.2. The quantitative estimate of drug-likeness (QED) is 0.347. The third kappa shape index (κ3) is 4.19. The van der Waals surface area contributed by atoms with Crippen molar-refractivity contribution in [3.8, 4) is 0 Å². The van der Waals surface area contributed by atoms with Crippen molar-refractivity contribution >= 4 is 76.6 Å². The summed E-state index contributed by atoms with van der Waals surface area (Å²) in [5.74, 6) is -0.218. The summed E-state index contributed by atoms with van der Waals surface area (Å²) in [5, 5.41) is 4.83. The number of rotatable bonds is 4. The van der Waals surface area contributed by atoms with Crippen molar-refractivity contribution in [2.24, 2.45) is 5.10 Å². The van der Waals surface area contributed by atoms with Gasteiger partial charge in [0.15, 0.2) is 5.76 Å². The van der Waals surface area contributed by atoms with Crippen LogP contribution in [0.2, 0.25) is 0 Å². The van der Waals surface area contributed by atoms with Gasteiger partial charge in [-0.3, -0.25) is 4.79 Å². The predicted molar refractivity (Wildman–Crippen MR) is 115 cm³/mol. The Balaban J connectivity index is 1.73. The largest absolute Gasteiger partial charge is 0.450 e. The molecule has 2 aromatic carbocycles. The molecular formula is C18H14Br3N3O2. The fourth-order valence-corrected chi connectivity index (χ4v) is 4.46. The van der Waals surface area contributed by atoms with Gasteiger partial charge in [-0.2, -0.15) is 5.10 Å². The Morgan fingerprint density at radius 1 is 1.12 bits per heavy atom. The summed E-state index contributed by atoms with van der Waals surface area (Å²) in [6.45, 7) is 0. The van der Waals surface area contributed by atoms with E-state index in [4.69, 9.17) is 4.42 Å². The second-order valence-electron chi connectivity index (χ2n) is 5.72. The lowest BCUT2D eigenvalue weighted by Gasteiger charge is -2.14. The third-order valence-corrected chi connectivity index (χ3v) is 5.27. The van der Waals surface area contributed by atoms with E-state index in [1.807, 2.05) is 49.3 Å². The molecule has 0 aliphatic heterocycles. The summed E-state index contributed by atoms with van der Waals surface area (Å²) in [7, 11) is 3.94. The molecule has 0 aliphatic rings. The molecule has 1 heterocycles. The van der Waals surface area contributed by atoms with Crippen LogP contribution in [0.1, 0.15) is 16.1 Å². The van der Waals surface area contributed by atoms with Crippen LogP contribution >= 0.6 is 47.8 Å². The van der Waals surface area contributed by atoms with Gasteiger partial charge in [0.2, 0.25) is 0 Å². The average Bonchev–Trinajstić information content (AvgIpc) is 2.99. The normalized spacial score (nSPS) is 11.3. The molecule has 0 saturated heterocycles. The number of carbonyl (C=O) groups is 1. The number of anilines is 1. The van der Waals surface area contributed by atoms with Gasteiger partial charge in [-0.1, -0.05) is 22.0 Å². The average molecular weight is 544 g/mol. The fourth-order valence-electron chi connectivity index (χ4n) is 2.37. The van der Waals surface area contributed by atoms with E-state index < -0.39 is 5.91 Å². The van der Waals surface area contributed by atoms with Crippen molar-refractivity contribution in [2.75, 3.05) is 19.0 Å². The first-order valence-corrected chi connectivity index (χ1v) is 9.92. The zero-order valence-electron chi connectivity index (χ0n) is 13.9. The summed E-state index contributed by atoms with van der Waals surface area (Å²) in [5.41, 5.74) is 5.02. The SMILES string of the molecule is CN(C)c1ccc(/C=N\NC(=O)c2cc3cc(Br)cc(Br)c3o2)cc1Br. The maximum absolute atomic E-state index is 12.2. The van der Waals surface area contributed by atoms with Crippen molar-refractivity contribution in [2.45, 2.75) is 0 Å². The van der Waals surface area contributed by atoms with Crippen molar-refractivity contribution in [1.29, 1.82) is 0 Å². The van der Waals surface area contributed by atoms with Crippen LogP contribution in [0.3, 0.4) is 0 Å². The van der Waals surface area contributed by atoms with Crippen LogP contribution < -0.4 is 10.3 Å². The molecule has 3 rings (SSSR count). The van der Waals surface area contributed by atoms with Gasteiger partial charge in [0, 0.05) is 28.4 Å². The molecule has 0 radical (unpaired) electrons. The van der Waals surface area contributed by atoms with Gasteiger partial charge in [0.1, 0.15) is 5.58 Å². The van der Waals surface area contributed by atoms with E-state index in [1.54, 1.807) is 12.3 Å². The number of nitrogens with one attached hydrogen (secondary N) is 1. The van der Waals surface area contributed by atoms with Crippen molar-refractivity contribution < 1.29 is 9.21 Å². The zero-order chi connectivity index (χ0) is 18.8. The van der Waals surface area contributed by atoms with Gasteiger partial charge in [0.05, 0.1) is 16.4 Å². The molecule has 26 heavy (non-hydrogen) atoms. The molecule has 1 amide bonds. The number of fused-ring (bicyclic) bond motifs is 1. The van der Waals surface area contributed by atoms with Crippen LogP contribution in [0.4, 0.5) is 5.69 Å². The maximum atomic E-state index is 12.2. The first-order chi connectivity index (χ1) is 12.3. The van der Waals surface area contributed by atoms with Crippen LogP contribution in [0.5, 0.6) is 0 Å². The van der Waals surface area contributed by atoms with E-state index in [0.717, 1.165) is 30.1 Å². The first kappa shape index (κ1) is 19.1. The molecule has 5 nitrogen and oxygen atoms in total. The predicted octanol–water partition coefficient (Wildman–Crippen LogP) is 5.55. The summed E-state index contributed by atoms with van der Waals surface area (Å²) in [6.07, 6.45) is 1.58. The van der Waals surface area contributed by atoms with Crippen molar-refractivity contribution in [3.05, 3.63) is 61.1 Å². The van der Waals surface area contributed by atoms with E-state index in [2.05, 4.69) is 58.3 Å². The summed E-state index contributed by atoms with van der Waals surface area (Å²) in [4.78, 5) is 14.3. The highest BCUT2D eigenvalue weighted by Crippen LogP contribution is 2.31. The van der Waals surface area contributed by atoms with E-state index in [1.165, 1.54) is 0 Å². The second-order valence-corrected chi connectivity index (χ2v) is 8.35. The fraction of sp³-hybridized carbons (Fsp3) is 0.111. The Kier molecular flexibility index (Phi) is 5.84. The van der Waals surface area contributed by atoms with Crippen LogP contribution in [0.25, 0.3) is 11.0 Å². The lowest BCUT2D eigenvalue weighted by Crippen LogP contribution is -2.16. The molecule has 134 valence electrons. The van der Waals surface area contributed by atoms with Gasteiger partial charge in [0.25, 0.3) is 0 Å². The highest BCUT2D eigenvalue weighted by atomic mass is 79.9. The number of hydrazone groups is 1. The van der Waals surface area contributed by atoms with Crippen LogP contribution in [0, 0.1) is 0 Å². The van der Waals surface area contributed by atoms with E-state index in [-0.39, 0.29) is 5.76 Å². The number of hydrogen-bond donors (Lipinski definition) is 1. The molecule has 0 atom stereocenters. The van der Waals surface area contributed by atoms with Gasteiger partial charge < -0.3 is 9.32 Å². The standard InChI is InChI=1S/C18H14Br3N3O2/c1-24(2)15-4-3-10(5-13(15)20)9-22-23-18(25)16-7-11-6-12(19)8-14(21)17(11)26-16/h3-9H,1-2H3,(H,23,25)/b22-9-. The van der Waals surface area contributed by atoms with Gasteiger partial charge in [-0.15, -0.1) is 0 Å². The Labute approximate surface area is 175 Å². The van der Waals surface area contributed by atoms with Crippen LogP contribution in [-0.4, -0.2) is 26.2 Å². The minimum Gasteiger partial charge on any atom is -0.450 e. The molecule has 8 heteroatoms. The molecule has 0 aliphatic carbocycles. The molecular weight excluding hydrogens is 530 g/mol. The molecule has 0 bridgehead atoms. The minimum atomic E-state index is -0.413. The zero-order valence-corrected chi connectivity index (χ0v) is 18.6. The number of carbonyl (C=O) groups excluding carboxylic acids is 1. The van der Waals surface area contributed by atoms with Crippen molar-refractivity contribution in [3.63, 3.8) is 0 Å². The summed E-state index contributed by atoms with van der Waals surface area (Å²) < 4.78 is 8.23. The van der Waals surface area contributed by atoms with Crippen LogP contribution in [-0.2, 0) is 0 Å². The number of benzene rings is 2. The molecule has 0 fully saturated rings. The van der Waals surface area contributed by atoms with Gasteiger partial charge >= 0.3 is 5.91 Å². The van der Waals surface area contributed by atoms with Gasteiger partial charge in [-0.05, 0) is 67.8 Å². The highest BCUT2D eigenvalue weighted by Gasteiger charge is 2.14. The maximum Gasteiger partial charge on any atom is 0.307 e. The van der Waals surface area contributed by atoms with E-state index in [0.29, 0.717) is 5.58 Å². The second kappa shape index (κ2) is 7.94. The Hall–Kier alpha value is -1.64. The van der Waals surface area contributed by atoms with E-state index in [9.17, 15) is 4.79 Å². The molecule has 1 aromatic heterocycles. The third-order valence-electron chi connectivity index (χ3n) is 3.59. The summed E-state index contributed by atoms with van der Waals surface area (Å²) >= 11 is 10.4. The number of nitrogens with zero attached hydrogens (tertiary/aromatic N) is 2.